The van der Waals surface area contributed by atoms with E-state index in [1.54, 1.807) is 30.3 Å². The number of amides is 2. The molecule has 0 bridgehead atoms. The highest BCUT2D eigenvalue weighted by Crippen LogP contribution is 2.21. The summed E-state index contributed by atoms with van der Waals surface area (Å²) in [5.74, 6) is -0.407. The first-order valence-corrected chi connectivity index (χ1v) is 7.66. The molecule has 4 nitrogen and oxygen atoms in total. The minimum absolute atomic E-state index is 0.143. The lowest BCUT2D eigenvalue weighted by atomic mass is 10.1. The number of carbonyl (C=O) groups excluding carboxylic acids is 2. The summed E-state index contributed by atoms with van der Waals surface area (Å²) in [5, 5.41) is 5.70. The van der Waals surface area contributed by atoms with Gasteiger partial charge in [-0.15, -0.1) is 0 Å². The van der Waals surface area contributed by atoms with Gasteiger partial charge in [0.25, 0.3) is 5.91 Å². The molecule has 2 aromatic rings. The first-order chi connectivity index (χ1) is 11.2. The predicted molar refractivity (Wildman–Crippen MR) is 91.0 cm³/mol. The Morgan fingerprint density at radius 1 is 0.957 bits per heavy atom. The second-order valence-corrected chi connectivity index (χ2v) is 5.53. The van der Waals surface area contributed by atoms with E-state index in [1.807, 2.05) is 30.3 Å². The second-order valence-electron chi connectivity index (χ2n) is 5.53. The van der Waals surface area contributed by atoms with E-state index >= 15 is 0 Å². The van der Waals surface area contributed by atoms with Crippen molar-refractivity contribution in [1.82, 2.24) is 5.32 Å². The van der Waals surface area contributed by atoms with Crippen molar-refractivity contribution in [3.05, 3.63) is 71.8 Å². The lowest BCUT2D eigenvalue weighted by molar-refractivity contribution is -0.111. The van der Waals surface area contributed by atoms with Crippen LogP contribution in [0.2, 0.25) is 0 Å². The molecule has 0 spiro atoms. The molecule has 0 aliphatic heterocycles. The summed E-state index contributed by atoms with van der Waals surface area (Å²) in [5.41, 5.74) is 1.96. The van der Waals surface area contributed by atoms with Crippen molar-refractivity contribution in [2.75, 3.05) is 5.32 Å². The summed E-state index contributed by atoms with van der Waals surface area (Å²) in [6.45, 7) is 0. The monoisotopic (exact) mass is 306 g/mol. The predicted octanol–water partition coefficient (Wildman–Crippen LogP) is 3.23. The van der Waals surface area contributed by atoms with Gasteiger partial charge in [0.05, 0.1) is 11.3 Å². The van der Waals surface area contributed by atoms with Crippen LogP contribution < -0.4 is 10.6 Å². The Hall–Kier alpha value is -2.88. The lowest BCUT2D eigenvalue weighted by Gasteiger charge is -2.09. The minimum Gasteiger partial charge on any atom is -0.349 e. The third-order valence-electron chi connectivity index (χ3n) is 3.57. The third kappa shape index (κ3) is 4.30. The van der Waals surface area contributed by atoms with Crippen LogP contribution in [0.15, 0.2) is 60.7 Å². The third-order valence-corrected chi connectivity index (χ3v) is 3.57. The van der Waals surface area contributed by atoms with E-state index < -0.39 is 0 Å². The Labute approximate surface area is 135 Å². The van der Waals surface area contributed by atoms with Crippen LogP contribution in [0.4, 0.5) is 5.69 Å². The van der Waals surface area contributed by atoms with E-state index in [2.05, 4.69) is 10.6 Å². The molecule has 0 heterocycles. The number of hydrogen-bond acceptors (Lipinski definition) is 2. The standard InChI is InChI=1S/C19H18N2O2/c22-18(13-10-14-6-2-1-3-7-14)21-17-9-5-4-8-16(17)19(23)20-15-11-12-15/h1-10,13,15H,11-12H2,(H,20,23)(H,21,22)/b13-10+. The van der Waals surface area contributed by atoms with Crippen LogP contribution in [0.3, 0.4) is 0 Å². The van der Waals surface area contributed by atoms with Gasteiger partial charge in [0, 0.05) is 12.1 Å². The SMILES string of the molecule is O=C(/C=C/c1ccccc1)Nc1ccccc1C(=O)NC1CC1. The number of para-hydroxylation sites is 1. The van der Waals surface area contributed by atoms with E-state index in [9.17, 15) is 9.59 Å². The van der Waals surface area contributed by atoms with E-state index in [-0.39, 0.29) is 17.9 Å². The van der Waals surface area contributed by atoms with Crippen LogP contribution in [0.5, 0.6) is 0 Å². The van der Waals surface area contributed by atoms with Crippen LogP contribution in [0, 0.1) is 0 Å². The van der Waals surface area contributed by atoms with Gasteiger partial charge < -0.3 is 10.6 Å². The molecule has 1 fully saturated rings. The molecule has 0 radical (unpaired) electrons. The number of nitrogens with one attached hydrogen (secondary N) is 2. The van der Waals surface area contributed by atoms with E-state index in [0.717, 1.165) is 18.4 Å². The van der Waals surface area contributed by atoms with Gasteiger partial charge >= 0.3 is 0 Å². The Balaban J connectivity index is 1.68. The Morgan fingerprint density at radius 3 is 2.39 bits per heavy atom. The maximum atomic E-state index is 12.2. The van der Waals surface area contributed by atoms with Gasteiger partial charge in [-0.3, -0.25) is 9.59 Å². The summed E-state index contributed by atoms with van der Waals surface area (Å²) in [6, 6.07) is 16.9. The van der Waals surface area contributed by atoms with Gasteiger partial charge in [-0.1, -0.05) is 42.5 Å². The number of anilines is 1. The second kappa shape index (κ2) is 6.92. The average Bonchev–Trinajstić information content (AvgIpc) is 3.38. The first kappa shape index (κ1) is 15.0. The molecule has 2 amide bonds. The van der Waals surface area contributed by atoms with Crippen molar-refractivity contribution in [3.63, 3.8) is 0 Å². The molecule has 2 aromatic carbocycles. The van der Waals surface area contributed by atoms with Crippen LogP contribution in [0.1, 0.15) is 28.8 Å². The highest BCUT2D eigenvalue weighted by atomic mass is 16.2. The van der Waals surface area contributed by atoms with Gasteiger partial charge in [-0.05, 0) is 36.6 Å². The summed E-state index contributed by atoms with van der Waals surface area (Å²) in [4.78, 5) is 24.3. The normalized spacial score (nSPS) is 13.7. The molecular weight excluding hydrogens is 288 g/mol. The van der Waals surface area contributed by atoms with Crippen LogP contribution >= 0.6 is 0 Å². The van der Waals surface area contributed by atoms with E-state index in [0.29, 0.717) is 11.3 Å². The average molecular weight is 306 g/mol. The fourth-order valence-electron chi connectivity index (χ4n) is 2.19. The molecule has 1 saturated carbocycles. The van der Waals surface area contributed by atoms with Crippen molar-refractivity contribution >= 4 is 23.6 Å². The highest BCUT2D eigenvalue weighted by Gasteiger charge is 2.24. The minimum atomic E-state index is -0.263. The van der Waals surface area contributed by atoms with Gasteiger partial charge in [0.15, 0.2) is 0 Å². The van der Waals surface area contributed by atoms with Crippen LogP contribution in [-0.2, 0) is 4.79 Å². The van der Waals surface area contributed by atoms with Crippen molar-refractivity contribution in [2.45, 2.75) is 18.9 Å². The zero-order valence-corrected chi connectivity index (χ0v) is 12.7. The molecule has 1 aliphatic carbocycles. The summed E-state index contributed by atoms with van der Waals surface area (Å²) in [7, 11) is 0. The quantitative estimate of drug-likeness (QED) is 0.833. The van der Waals surface area contributed by atoms with Gasteiger partial charge in [0.2, 0.25) is 5.91 Å². The van der Waals surface area contributed by atoms with Gasteiger partial charge in [0.1, 0.15) is 0 Å². The van der Waals surface area contributed by atoms with E-state index in [4.69, 9.17) is 0 Å². The maximum Gasteiger partial charge on any atom is 0.253 e. The van der Waals surface area contributed by atoms with E-state index in [1.165, 1.54) is 6.08 Å². The van der Waals surface area contributed by atoms with Gasteiger partial charge in [-0.2, -0.15) is 0 Å². The number of carbonyl (C=O) groups is 2. The molecule has 0 aromatic heterocycles. The fourth-order valence-corrected chi connectivity index (χ4v) is 2.19. The van der Waals surface area contributed by atoms with Crippen molar-refractivity contribution in [3.8, 4) is 0 Å². The van der Waals surface area contributed by atoms with Crippen LogP contribution in [-0.4, -0.2) is 17.9 Å². The summed E-state index contributed by atoms with van der Waals surface area (Å²) in [6.07, 6.45) is 5.26. The summed E-state index contributed by atoms with van der Waals surface area (Å²) >= 11 is 0. The molecular formula is C19H18N2O2. The van der Waals surface area contributed by atoms with Gasteiger partial charge in [-0.25, -0.2) is 0 Å². The van der Waals surface area contributed by atoms with Crippen molar-refractivity contribution < 1.29 is 9.59 Å². The molecule has 116 valence electrons. The molecule has 0 atom stereocenters. The number of benzene rings is 2. The molecule has 0 unspecified atom stereocenters. The number of rotatable bonds is 5. The van der Waals surface area contributed by atoms with Crippen LogP contribution in [0.25, 0.3) is 6.08 Å². The van der Waals surface area contributed by atoms with Crippen molar-refractivity contribution in [2.24, 2.45) is 0 Å². The molecule has 1 aliphatic rings. The molecule has 0 saturated heterocycles. The largest absolute Gasteiger partial charge is 0.349 e. The topological polar surface area (TPSA) is 58.2 Å². The zero-order chi connectivity index (χ0) is 16.1. The zero-order valence-electron chi connectivity index (χ0n) is 12.7. The Morgan fingerprint density at radius 2 is 1.65 bits per heavy atom. The lowest BCUT2D eigenvalue weighted by Crippen LogP contribution is -2.26. The maximum absolute atomic E-state index is 12.2. The highest BCUT2D eigenvalue weighted by molar-refractivity contribution is 6.07. The first-order valence-electron chi connectivity index (χ1n) is 7.66. The molecule has 23 heavy (non-hydrogen) atoms. The fraction of sp³-hybridized carbons (Fsp3) is 0.158. The Kier molecular flexibility index (Phi) is 4.52. The smallest absolute Gasteiger partial charge is 0.253 e. The summed E-state index contributed by atoms with van der Waals surface area (Å²) < 4.78 is 0. The molecule has 2 N–H and O–H groups in total. The van der Waals surface area contributed by atoms with Crippen molar-refractivity contribution in [1.29, 1.82) is 0 Å². The number of hydrogen-bond donors (Lipinski definition) is 2. The molecule has 3 rings (SSSR count). The molecule has 4 heteroatoms. The Bertz CT molecular complexity index is 734.